The summed E-state index contributed by atoms with van der Waals surface area (Å²) < 4.78 is 0. The molecule has 26 heavy (non-hydrogen) atoms. The molecule has 1 saturated heterocycles. The number of nitrogens with zero attached hydrogens (tertiary/aromatic N) is 5. The summed E-state index contributed by atoms with van der Waals surface area (Å²) in [6.45, 7) is 7.42. The summed E-state index contributed by atoms with van der Waals surface area (Å²) in [5.74, 6) is 0.923. The Morgan fingerprint density at radius 1 is 1.04 bits per heavy atom. The molecule has 1 saturated carbocycles. The minimum absolute atomic E-state index is 0.273. The van der Waals surface area contributed by atoms with Crippen molar-refractivity contribution in [2.75, 3.05) is 50.7 Å². The highest BCUT2D eigenvalue weighted by atomic mass is 35.5. The predicted octanol–water partition coefficient (Wildman–Crippen LogP) is 2.75. The van der Waals surface area contributed by atoms with Crippen molar-refractivity contribution in [3.63, 3.8) is 0 Å². The van der Waals surface area contributed by atoms with E-state index in [9.17, 15) is 0 Å². The smallest absolute Gasteiger partial charge is 0.225 e. The zero-order chi connectivity index (χ0) is 17.9. The Balaban J connectivity index is 1.34. The molecule has 0 radical (unpaired) electrons. The van der Waals surface area contributed by atoms with Crippen LogP contribution >= 0.6 is 23.2 Å². The van der Waals surface area contributed by atoms with Gasteiger partial charge in [0.05, 0.1) is 5.69 Å². The third-order valence-electron chi connectivity index (χ3n) is 6.16. The van der Waals surface area contributed by atoms with Crippen molar-refractivity contribution in [1.82, 2.24) is 19.8 Å². The molecule has 0 spiro atoms. The van der Waals surface area contributed by atoms with Gasteiger partial charge in [-0.3, -0.25) is 4.90 Å². The standard InChI is InChI=1S/C19H29Cl2N5/c20-18(21)6-9-24-7-4-15-14-22-19(23-17(15)5-8-24)26-12-10-25(11-13-26)16-2-1-3-16/h14,16,18H,1-13H2. The van der Waals surface area contributed by atoms with Crippen molar-refractivity contribution in [3.05, 3.63) is 17.5 Å². The summed E-state index contributed by atoms with van der Waals surface area (Å²) in [5, 5.41) is 0. The van der Waals surface area contributed by atoms with Crippen LogP contribution in [0.25, 0.3) is 0 Å². The highest BCUT2D eigenvalue weighted by Crippen LogP contribution is 2.26. The molecular formula is C19H29Cl2N5. The Labute approximate surface area is 166 Å². The molecular weight excluding hydrogens is 369 g/mol. The lowest BCUT2D eigenvalue weighted by molar-refractivity contribution is 0.120. The fourth-order valence-corrected chi connectivity index (χ4v) is 4.40. The lowest BCUT2D eigenvalue weighted by Gasteiger charge is -2.43. The summed E-state index contributed by atoms with van der Waals surface area (Å²) in [4.78, 5) is 16.8. The van der Waals surface area contributed by atoms with Gasteiger partial charge < -0.3 is 9.80 Å². The summed E-state index contributed by atoms with van der Waals surface area (Å²) in [7, 11) is 0. The van der Waals surface area contributed by atoms with Gasteiger partial charge in [0.1, 0.15) is 4.84 Å². The maximum atomic E-state index is 5.88. The van der Waals surface area contributed by atoms with Crippen molar-refractivity contribution in [2.24, 2.45) is 0 Å². The molecule has 1 aliphatic carbocycles. The van der Waals surface area contributed by atoms with Crippen molar-refractivity contribution in [3.8, 4) is 0 Å². The second-order valence-corrected chi connectivity index (χ2v) is 9.05. The van der Waals surface area contributed by atoms with E-state index >= 15 is 0 Å². The Morgan fingerprint density at radius 2 is 1.81 bits per heavy atom. The number of hydrogen-bond donors (Lipinski definition) is 0. The van der Waals surface area contributed by atoms with E-state index in [1.165, 1.54) is 30.5 Å². The van der Waals surface area contributed by atoms with Crippen LogP contribution in [-0.2, 0) is 12.8 Å². The van der Waals surface area contributed by atoms with Gasteiger partial charge in [0.2, 0.25) is 5.95 Å². The first-order valence-corrected chi connectivity index (χ1v) is 10.9. The molecule has 2 aliphatic heterocycles. The van der Waals surface area contributed by atoms with Crippen LogP contribution in [0.4, 0.5) is 5.95 Å². The van der Waals surface area contributed by atoms with Gasteiger partial charge in [0.25, 0.3) is 0 Å². The molecule has 0 amide bonds. The van der Waals surface area contributed by atoms with Gasteiger partial charge in [-0.25, -0.2) is 9.97 Å². The topological polar surface area (TPSA) is 35.5 Å². The number of piperazine rings is 1. The third-order valence-corrected chi connectivity index (χ3v) is 6.59. The first kappa shape index (κ1) is 18.7. The molecule has 3 aliphatic rings. The molecule has 2 fully saturated rings. The van der Waals surface area contributed by atoms with Crippen LogP contribution in [0.3, 0.4) is 0 Å². The van der Waals surface area contributed by atoms with Crippen LogP contribution < -0.4 is 4.90 Å². The SMILES string of the molecule is ClC(Cl)CCN1CCc2cnc(N3CCN(C4CCC4)CC3)nc2CC1. The number of rotatable bonds is 5. The third kappa shape index (κ3) is 4.44. The molecule has 5 nitrogen and oxygen atoms in total. The fraction of sp³-hybridized carbons (Fsp3) is 0.789. The summed E-state index contributed by atoms with van der Waals surface area (Å²) in [6, 6.07) is 0.844. The summed E-state index contributed by atoms with van der Waals surface area (Å²) in [6.07, 6.45) is 9.07. The van der Waals surface area contributed by atoms with E-state index in [-0.39, 0.29) is 4.84 Å². The Morgan fingerprint density at radius 3 is 2.50 bits per heavy atom. The van der Waals surface area contributed by atoms with Crippen LogP contribution in [0.15, 0.2) is 6.20 Å². The van der Waals surface area contributed by atoms with Crippen molar-refractivity contribution >= 4 is 29.2 Å². The Hall–Kier alpha value is -0.620. The molecule has 0 aromatic carbocycles. The first-order valence-electron chi connectivity index (χ1n) is 10.0. The van der Waals surface area contributed by atoms with E-state index in [1.807, 2.05) is 0 Å². The molecule has 144 valence electrons. The summed E-state index contributed by atoms with van der Waals surface area (Å²) in [5.41, 5.74) is 2.53. The molecule has 1 aromatic rings. The monoisotopic (exact) mass is 397 g/mol. The molecule has 0 bridgehead atoms. The lowest BCUT2D eigenvalue weighted by Crippen LogP contribution is -2.52. The summed E-state index contributed by atoms with van der Waals surface area (Å²) >= 11 is 11.8. The minimum Gasteiger partial charge on any atom is -0.338 e. The van der Waals surface area contributed by atoms with E-state index in [0.717, 1.165) is 77.1 Å². The van der Waals surface area contributed by atoms with Crippen LogP contribution in [0.1, 0.15) is 36.9 Å². The zero-order valence-corrected chi connectivity index (χ0v) is 16.9. The average molecular weight is 398 g/mol. The number of halogens is 2. The maximum absolute atomic E-state index is 5.88. The number of aromatic nitrogens is 2. The van der Waals surface area contributed by atoms with Crippen LogP contribution in [0.2, 0.25) is 0 Å². The molecule has 0 unspecified atom stereocenters. The van der Waals surface area contributed by atoms with E-state index in [1.54, 1.807) is 0 Å². The van der Waals surface area contributed by atoms with E-state index < -0.39 is 0 Å². The molecule has 1 aromatic heterocycles. The van der Waals surface area contributed by atoms with Crippen molar-refractivity contribution in [1.29, 1.82) is 0 Å². The van der Waals surface area contributed by atoms with Crippen LogP contribution in [-0.4, -0.2) is 76.5 Å². The number of anilines is 1. The second kappa shape index (κ2) is 8.59. The van der Waals surface area contributed by atoms with Crippen LogP contribution in [0, 0.1) is 0 Å². The molecule has 0 atom stereocenters. The van der Waals surface area contributed by atoms with Gasteiger partial charge >= 0.3 is 0 Å². The fourth-order valence-electron chi connectivity index (χ4n) is 4.21. The van der Waals surface area contributed by atoms with Gasteiger partial charge in [0.15, 0.2) is 0 Å². The van der Waals surface area contributed by atoms with E-state index in [2.05, 4.69) is 20.9 Å². The normalized spacial score (nSPS) is 23.0. The first-order chi connectivity index (χ1) is 12.7. The number of fused-ring (bicyclic) bond motifs is 1. The highest BCUT2D eigenvalue weighted by Gasteiger charge is 2.29. The predicted molar refractivity (Wildman–Crippen MR) is 107 cm³/mol. The zero-order valence-electron chi connectivity index (χ0n) is 15.4. The second-order valence-electron chi connectivity index (χ2n) is 7.77. The Bertz CT molecular complexity index is 600. The quantitative estimate of drug-likeness (QED) is 0.713. The molecule has 4 rings (SSSR count). The van der Waals surface area contributed by atoms with E-state index in [0.29, 0.717) is 0 Å². The molecule has 0 N–H and O–H groups in total. The van der Waals surface area contributed by atoms with Crippen molar-refractivity contribution in [2.45, 2.75) is 49.4 Å². The molecule has 7 heteroatoms. The van der Waals surface area contributed by atoms with Gasteiger partial charge in [-0.15, -0.1) is 23.2 Å². The number of alkyl halides is 2. The minimum atomic E-state index is -0.273. The maximum Gasteiger partial charge on any atom is 0.225 e. The van der Waals surface area contributed by atoms with Gasteiger partial charge in [0, 0.05) is 64.5 Å². The highest BCUT2D eigenvalue weighted by molar-refractivity contribution is 6.44. The van der Waals surface area contributed by atoms with Gasteiger partial charge in [-0.2, -0.15) is 0 Å². The molecule has 3 heterocycles. The largest absolute Gasteiger partial charge is 0.338 e. The Kier molecular flexibility index (Phi) is 6.19. The van der Waals surface area contributed by atoms with Crippen molar-refractivity contribution < 1.29 is 0 Å². The number of hydrogen-bond acceptors (Lipinski definition) is 5. The lowest BCUT2D eigenvalue weighted by atomic mass is 9.91. The average Bonchev–Trinajstić information content (AvgIpc) is 2.81. The van der Waals surface area contributed by atoms with Gasteiger partial charge in [-0.1, -0.05) is 6.42 Å². The van der Waals surface area contributed by atoms with E-state index in [4.69, 9.17) is 33.2 Å². The van der Waals surface area contributed by atoms with Crippen LogP contribution in [0.5, 0.6) is 0 Å². The van der Waals surface area contributed by atoms with Gasteiger partial charge in [-0.05, 0) is 31.2 Å².